The number of benzene rings is 1. The molecular weight excluding hydrogens is 245 g/mol. The molecule has 0 aliphatic heterocycles. The lowest BCUT2D eigenvalue weighted by molar-refractivity contribution is -0.139. The summed E-state index contributed by atoms with van der Waals surface area (Å²) in [5.74, 6) is -3.80. The summed E-state index contributed by atoms with van der Waals surface area (Å²) in [5, 5.41) is 8.41. The molecule has 17 heavy (non-hydrogen) atoms. The summed E-state index contributed by atoms with van der Waals surface area (Å²) in [6, 6.07) is 1.60. The van der Waals surface area contributed by atoms with E-state index in [2.05, 4.69) is 0 Å². The van der Waals surface area contributed by atoms with Crippen LogP contribution in [0.1, 0.15) is 17.2 Å². The molecule has 1 aromatic rings. The smallest absolute Gasteiger partial charge is 0.390 e. The van der Waals surface area contributed by atoms with Crippen molar-refractivity contribution in [3.63, 3.8) is 0 Å². The molecule has 1 atom stereocenters. The van der Waals surface area contributed by atoms with Crippen molar-refractivity contribution in [1.29, 1.82) is 0 Å². The summed E-state index contributed by atoms with van der Waals surface area (Å²) in [6.07, 6.45) is -4.76. The van der Waals surface area contributed by atoms with Gasteiger partial charge in [0.15, 0.2) is 0 Å². The van der Waals surface area contributed by atoms with E-state index in [1.165, 1.54) is 6.07 Å². The van der Waals surface area contributed by atoms with Crippen molar-refractivity contribution in [2.45, 2.75) is 18.1 Å². The highest BCUT2D eigenvalue weighted by Crippen LogP contribution is 2.38. The van der Waals surface area contributed by atoms with Crippen LogP contribution in [0.15, 0.2) is 24.3 Å². The largest absolute Gasteiger partial charge is 0.416 e. The van der Waals surface area contributed by atoms with Gasteiger partial charge in [0.1, 0.15) is 6.61 Å². The van der Waals surface area contributed by atoms with Crippen molar-refractivity contribution in [1.82, 2.24) is 0 Å². The Balaban J connectivity index is 3.23. The number of hydrogen-bond donors (Lipinski definition) is 2. The van der Waals surface area contributed by atoms with Gasteiger partial charge in [-0.25, -0.2) is 8.78 Å². The number of aliphatic hydroxyl groups excluding tert-OH is 1. The molecule has 3 N–H and O–H groups in total. The molecule has 96 valence electrons. The highest BCUT2D eigenvalue weighted by molar-refractivity contribution is 5.33. The summed E-state index contributed by atoms with van der Waals surface area (Å²) in [4.78, 5) is 0. The molecule has 1 rings (SSSR count). The zero-order valence-electron chi connectivity index (χ0n) is 8.51. The molecule has 1 unspecified atom stereocenters. The van der Waals surface area contributed by atoms with Crippen molar-refractivity contribution in [3.8, 4) is 0 Å². The Morgan fingerprint density at radius 1 is 1.12 bits per heavy atom. The second-order valence-corrected chi connectivity index (χ2v) is 3.48. The maximum absolute atomic E-state index is 13.1. The van der Waals surface area contributed by atoms with Gasteiger partial charge >= 0.3 is 6.18 Å². The summed E-state index contributed by atoms with van der Waals surface area (Å²) in [7, 11) is 0. The van der Waals surface area contributed by atoms with Crippen LogP contribution in [0, 0.1) is 0 Å². The molecule has 0 aliphatic carbocycles. The molecule has 0 fully saturated rings. The van der Waals surface area contributed by atoms with Crippen LogP contribution in [-0.4, -0.2) is 17.6 Å². The number of aliphatic hydroxyl groups is 1. The second-order valence-electron chi connectivity index (χ2n) is 3.48. The molecular formula is C10H10F5NO. The predicted octanol–water partition coefficient (Wildman–Crippen LogP) is 2.33. The Labute approximate surface area is 93.9 Å². The average Bonchev–Trinajstić information content (AvgIpc) is 2.27. The summed E-state index contributed by atoms with van der Waals surface area (Å²) < 4.78 is 63.7. The molecule has 0 aliphatic rings. The van der Waals surface area contributed by atoms with Crippen LogP contribution in [0.2, 0.25) is 0 Å². The van der Waals surface area contributed by atoms with Crippen LogP contribution in [0.4, 0.5) is 22.0 Å². The maximum Gasteiger partial charge on any atom is 0.416 e. The zero-order chi connectivity index (χ0) is 13.3. The van der Waals surface area contributed by atoms with Crippen molar-refractivity contribution >= 4 is 0 Å². The van der Waals surface area contributed by atoms with Crippen molar-refractivity contribution in [2.75, 3.05) is 6.61 Å². The van der Waals surface area contributed by atoms with Gasteiger partial charge in [-0.1, -0.05) is 18.2 Å². The average molecular weight is 255 g/mol. The fraction of sp³-hybridized carbons (Fsp3) is 0.400. The van der Waals surface area contributed by atoms with Crippen LogP contribution in [-0.2, 0) is 6.18 Å². The molecule has 0 aromatic heterocycles. The summed E-state index contributed by atoms with van der Waals surface area (Å²) >= 11 is 0. The Bertz CT molecular complexity index is 391. The van der Waals surface area contributed by atoms with E-state index in [1.807, 2.05) is 0 Å². The third-order valence-electron chi connectivity index (χ3n) is 2.27. The normalized spacial score (nSPS) is 14.8. The Kier molecular flexibility index (Phi) is 3.73. The van der Waals surface area contributed by atoms with E-state index in [9.17, 15) is 22.0 Å². The van der Waals surface area contributed by atoms with Crippen LogP contribution in [0.3, 0.4) is 0 Å². The third kappa shape index (κ3) is 2.92. The fourth-order valence-corrected chi connectivity index (χ4v) is 1.35. The third-order valence-corrected chi connectivity index (χ3v) is 2.27. The summed E-state index contributed by atoms with van der Waals surface area (Å²) in [5.41, 5.74) is 3.11. The van der Waals surface area contributed by atoms with Gasteiger partial charge < -0.3 is 10.8 Å². The summed E-state index contributed by atoms with van der Waals surface area (Å²) in [6.45, 7) is -1.61. The van der Waals surface area contributed by atoms with Gasteiger partial charge in [0.25, 0.3) is 5.92 Å². The molecule has 0 saturated carbocycles. The topological polar surface area (TPSA) is 46.2 Å². The number of rotatable bonds is 3. The van der Waals surface area contributed by atoms with Crippen LogP contribution < -0.4 is 5.73 Å². The van der Waals surface area contributed by atoms with Crippen molar-refractivity contribution < 1.29 is 27.1 Å². The molecule has 0 heterocycles. The molecule has 0 bridgehead atoms. The van der Waals surface area contributed by atoms with Crippen LogP contribution in [0.5, 0.6) is 0 Å². The number of hydrogen-bond acceptors (Lipinski definition) is 2. The maximum atomic E-state index is 13.1. The highest BCUT2D eigenvalue weighted by atomic mass is 19.4. The number of halogens is 5. The first-order valence-corrected chi connectivity index (χ1v) is 4.60. The SMILES string of the molecule is NC(c1ccccc1C(F)(F)F)C(F)(F)CO. The van der Waals surface area contributed by atoms with Gasteiger partial charge in [-0.15, -0.1) is 0 Å². The molecule has 1 aromatic carbocycles. The Morgan fingerprint density at radius 3 is 2.12 bits per heavy atom. The highest BCUT2D eigenvalue weighted by Gasteiger charge is 2.42. The van der Waals surface area contributed by atoms with Gasteiger partial charge in [-0.2, -0.15) is 13.2 Å². The van der Waals surface area contributed by atoms with E-state index in [4.69, 9.17) is 10.8 Å². The molecule has 0 amide bonds. The van der Waals surface area contributed by atoms with Gasteiger partial charge in [0.05, 0.1) is 11.6 Å². The van der Waals surface area contributed by atoms with Crippen molar-refractivity contribution in [3.05, 3.63) is 35.4 Å². The van der Waals surface area contributed by atoms with Crippen molar-refractivity contribution in [2.24, 2.45) is 5.73 Å². The minimum absolute atomic E-state index is 0.669. The van der Waals surface area contributed by atoms with E-state index in [1.54, 1.807) is 0 Å². The van der Waals surface area contributed by atoms with E-state index in [-0.39, 0.29) is 0 Å². The lowest BCUT2D eigenvalue weighted by atomic mass is 9.96. The van der Waals surface area contributed by atoms with E-state index in [0.717, 1.165) is 12.1 Å². The Morgan fingerprint density at radius 2 is 1.65 bits per heavy atom. The van der Waals surface area contributed by atoms with E-state index >= 15 is 0 Å². The number of nitrogens with two attached hydrogens (primary N) is 1. The minimum Gasteiger partial charge on any atom is -0.390 e. The van der Waals surface area contributed by atoms with Gasteiger partial charge in [0.2, 0.25) is 0 Å². The molecule has 0 saturated heterocycles. The lowest BCUT2D eigenvalue weighted by Crippen LogP contribution is -2.37. The van der Waals surface area contributed by atoms with Crippen LogP contribution >= 0.6 is 0 Å². The Hall–Kier alpha value is -1.21. The standard InChI is InChI=1S/C10H10F5NO/c11-9(12,5-17)8(16)6-3-1-2-4-7(6)10(13,14)15/h1-4,8,17H,5,16H2. The predicted molar refractivity (Wildman–Crippen MR) is 50.4 cm³/mol. The first-order valence-electron chi connectivity index (χ1n) is 4.60. The van der Waals surface area contributed by atoms with E-state index < -0.39 is 35.9 Å². The number of alkyl halides is 5. The fourth-order valence-electron chi connectivity index (χ4n) is 1.35. The quantitative estimate of drug-likeness (QED) is 0.814. The first kappa shape index (κ1) is 13.9. The van der Waals surface area contributed by atoms with Gasteiger partial charge in [0, 0.05) is 0 Å². The monoisotopic (exact) mass is 255 g/mol. The minimum atomic E-state index is -4.76. The molecule has 0 radical (unpaired) electrons. The van der Waals surface area contributed by atoms with E-state index in [0.29, 0.717) is 6.07 Å². The van der Waals surface area contributed by atoms with Gasteiger partial charge in [-0.3, -0.25) is 0 Å². The molecule has 7 heteroatoms. The lowest BCUT2D eigenvalue weighted by Gasteiger charge is -2.24. The molecule has 0 spiro atoms. The molecule has 2 nitrogen and oxygen atoms in total. The second kappa shape index (κ2) is 4.58. The van der Waals surface area contributed by atoms with Crippen LogP contribution in [0.25, 0.3) is 0 Å². The zero-order valence-corrected chi connectivity index (χ0v) is 8.51. The van der Waals surface area contributed by atoms with Gasteiger partial charge in [-0.05, 0) is 11.6 Å². The first-order chi connectivity index (χ1) is 7.70.